The summed E-state index contributed by atoms with van der Waals surface area (Å²) in [5.41, 5.74) is 4.13. The number of hydrogen-bond acceptors (Lipinski definition) is 15. The van der Waals surface area contributed by atoms with Crippen LogP contribution in [-0.2, 0) is 66.8 Å². The summed E-state index contributed by atoms with van der Waals surface area (Å²) in [6.45, 7) is 13.5. The molecule has 1 aliphatic heterocycles. The van der Waals surface area contributed by atoms with E-state index in [9.17, 15) is 38.4 Å². The van der Waals surface area contributed by atoms with Gasteiger partial charge in [-0.05, 0) is 67.2 Å². The van der Waals surface area contributed by atoms with Crippen molar-refractivity contribution in [3.05, 3.63) is 0 Å². The summed E-state index contributed by atoms with van der Waals surface area (Å²) in [4.78, 5) is 95.7. The maximum atomic E-state index is 12.8. The van der Waals surface area contributed by atoms with Gasteiger partial charge in [0.25, 0.3) is 0 Å². The molecule has 0 bridgehead atoms. The summed E-state index contributed by atoms with van der Waals surface area (Å²) in [7, 11) is 0. The molecule has 0 spiro atoms. The van der Waals surface area contributed by atoms with Crippen LogP contribution in [0.3, 0.4) is 0 Å². The van der Waals surface area contributed by atoms with Crippen LogP contribution >= 0.6 is 0 Å². The summed E-state index contributed by atoms with van der Waals surface area (Å²) < 4.78 is 31.1. The van der Waals surface area contributed by atoms with Gasteiger partial charge in [-0.15, -0.1) is 0 Å². The first-order valence-corrected chi connectivity index (χ1v) is 25.3. The number of carbonyl (C=O) groups excluding carboxylic acids is 7. The highest BCUT2D eigenvalue weighted by atomic mass is 16.6. The number of nitrogens with zero attached hydrogens (tertiary/aromatic N) is 1. The molecule has 1 heterocycles. The minimum atomic E-state index is -1.01. The Labute approximate surface area is 407 Å². The number of carboxylic acid groups (broad SMARTS) is 1. The number of rotatable bonds is 41. The van der Waals surface area contributed by atoms with Crippen LogP contribution in [0.15, 0.2) is 0 Å². The monoisotopic (exact) mass is 971 g/mol. The zero-order chi connectivity index (χ0) is 51.1. The fourth-order valence-electron chi connectivity index (χ4n) is 7.10. The Bertz CT molecular complexity index is 1420. The Kier molecular flexibility index (Phi) is 38.0. The van der Waals surface area contributed by atoms with Crippen LogP contribution in [-0.4, -0.2) is 128 Å². The van der Waals surface area contributed by atoms with Crippen molar-refractivity contribution in [3.8, 4) is 0 Å². The lowest BCUT2D eigenvalue weighted by Crippen LogP contribution is -2.36. The van der Waals surface area contributed by atoms with E-state index in [0.29, 0.717) is 70.2 Å². The molecule has 0 aromatic carbocycles. The van der Waals surface area contributed by atoms with Gasteiger partial charge in [0.05, 0.1) is 39.0 Å². The average Bonchev–Trinajstić information content (AvgIpc) is 3.59. The summed E-state index contributed by atoms with van der Waals surface area (Å²) in [6, 6.07) is 0. The molecular weight excluding hydrogens is 881 g/mol. The summed E-state index contributed by atoms with van der Waals surface area (Å²) in [6.07, 6.45) is 20.5. The van der Waals surface area contributed by atoms with Crippen molar-refractivity contribution in [2.45, 2.75) is 213 Å². The van der Waals surface area contributed by atoms with Crippen molar-refractivity contribution in [2.24, 2.45) is 11.7 Å². The smallest absolute Gasteiger partial charge is 0.329 e. The number of esters is 2. The minimum absolute atomic E-state index is 0.0000627. The second kappa shape index (κ2) is 40.1. The molecule has 0 aromatic heterocycles. The lowest BCUT2D eigenvalue weighted by molar-refractivity contribution is -0.161. The lowest BCUT2D eigenvalue weighted by Gasteiger charge is -2.24. The largest absolute Gasteiger partial charge is 0.480 e. The number of unbranched alkanes of at least 4 members (excludes halogenated alkanes) is 15. The van der Waals surface area contributed by atoms with Crippen LogP contribution in [0.1, 0.15) is 202 Å². The van der Waals surface area contributed by atoms with Crippen molar-refractivity contribution in [1.29, 1.82) is 0 Å². The van der Waals surface area contributed by atoms with E-state index >= 15 is 0 Å². The van der Waals surface area contributed by atoms with Crippen LogP contribution in [0.2, 0.25) is 0 Å². The normalized spacial score (nSPS) is 13.2. The number of amides is 3. The molecule has 17 heteroatoms. The Morgan fingerprint density at radius 2 is 0.956 bits per heavy atom. The standard InChI is InChI=1S/C38H65NO8.C13H25NO7/c1-37(2,3)46-35(44)24-22-20-18-16-14-12-10-8-7-9-11-13-15-17-19-21-23-31(40)29-30(36(45)47-38(4,5)6)25-26-32(41)39-33(42)27-28-34(39)43;14-3-5-19-7-8-20-10-12(15)2-1-4-18-6-9-21-11-13(16)17/h30H,7-29H2,1-6H3;1-11,14H2,(H,16,17)/t30-;/m1./s1. The Balaban J connectivity index is 0.00000178. The third-order valence-corrected chi connectivity index (χ3v) is 10.5. The number of ketones is 2. The molecule has 1 atom stereocenters. The zero-order valence-electron chi connectivity index (χ0n) is 42.8. The molecule has 1 rings (SSSR count). The fraction of sp³-hybridized carbons (Fsp3) is 0.843. The molecule has 0 aliphatic carbocycles. The van der Waals surface area contributed by atoms with E-state index in [-0.39, 0.29) is 69.5 Å². The molecule has 0 radical (unpaired) electrons. The van der Waals surface area contributed by atoms with Crippen molar-refractivity contribution in [3.63, 3.8) is 0 Å². The van der Waals surface area contributed by atoms with Gasteiger partial charge in [0.1, 0.15) is 30.2 Å². The molecule has 0 aromatic rings. The number of Topliss-reactive ketones (excluding diaryl/α,β-unsaturated/α-hetero) is 2. The summed E-state index contributed by atoms with van der Waals surface area (Å²) >= 11 is 0. The predicted molar refractivity (Wildman–Crippen MR) is 257 cm³/mol. The molecule has 17 nitrogen and oxygen atoms in total. The van der Waals surface area contributed by atoms with Gasteiger partial charge in [0.15, 0.2) is 5.78 Å². The predicted octanol–water partition coefficient (Wildman–Crippen LogP) is 8.17. The maximum absolute atomic E-state index is 12.8. The van der Waals surface area contributed by atoms with E-state index in [0.717, 1.165) is 32.1 Å². The fourth-order valence-corrected chi connectivity index (χ4v) is 7.10. The average molecular weight is 971 g/mol. The molecule has 3 amide bonds. The molecule has 0 saturated carbocycles. The van der Waals surface area contributed by atoms with Crippen LogP contribution in [0.4, 0.5) is 0 Å². The first-order chi connectivity index (χ1) is 32.3. The number of carbonyl (C=O) groups is 8. The Morgan fingerprint density at radius 1 is 0.529 bits per heavy atom. The van der Waals surface area contributed by atoms with Gasteiger partial charge >= 0.3 is 17.9 Å². The van der Waals surface area contributed by atoms with Crippen LogP contribution in [0.25, 0.3) is 0 Å². The van der Waals surface area contributed by atoms with Crippen molar-refractivity contribution in [2.75, 3.05) is 59.4 Å². The highest BCUT2D eigenvalue weighted by molar-refractivity contribution is 6.15. The zero-order valence-corrected chi connectivity index (χ0v) is 42.8. The third kappa shape index (κ3) is 40.3. The van der Waals surface area contributed by atoms with E-state index in [1.807, 2.05) is 20.8 Å². The maximum Gasteiger partial charge on any atom is 0.329 e. The molecule has 0 unspecified atom stereocenters. The van der Waals surface area contributed by atoms with Gasteiger partial charge in [-0.25, -0.2) is 9.69 Å². The van der Waals surface area contributed by atoms with Gasteiger partial charge in [-0.1, -0.05) is 89.9 Å². The molecule has 1 saturated heterocycles. The van der Waals surface area contributed by atoms with Crippen molar-refractivity contribution >= 4 is 47.2 Å². The quantitative estimate of drug-likeness (QED) is 0.0333. The highest BCUT2D eigenvalue weighted by Crippen LogP contribution is 2.23. The molecular formula is C51H90N2O15. The minimum Gasteiger partial charge on any atom is -0.480 e. The molecule has 68 heavy (non-hydrogen) atoms. The van der Waals surface area contributed by atoms with Gasteiger partial charge in [0, 0.05) is 58.1 Å². The van der Waals surface area contributed by atoms with Crippen LogP contribution < -0.4 is 5.73 Å². The number of hydrogen-bond donors (Lipinski definition) is 2. The van der Waals surface area contributed by atoms with Crippen molar-refractivity contribution < 1.29 is 71.9 Å². The summed E-state index contributed by atoms with van der Waals surface area (Å²) in [5, 5.41) is 8.32. The number of carboxylic acids is 1. The number of imide groups is 3. The molecule has 1 fully saturated rings. The van der Waals surface area contributed by atoms with E-state index in [1.54, 1.807) is 20.8 Å². The van der Waals surface area contributed by atoms with Gasteiger partial charge < -0.3 is 39.3 Å². The Morgan fingerprint density at radius 3 is 1.43 bits per heavy atom. The molecule has 394 valence electrons. The SMILES string of the molecule is CC(C)(C)OC(=O)CCCCCCCCCCCCCCCCCCC(=O)C[C@@H](CCC(=O)N1C(=O)CCC1=O)C(=O)OC(C)(C)C.NCCOCCOCC(=O)CCCOCCOCC(=O)O. The lowest BCUT2D eigenvalue weighted by atomic mass is 9.94. The van der Waals surface area contributed by atoms with E-state index in [1.165, 1.54) is 70.6 Å². The molecule has 1 aliphatic rings. The number of likely N-dealkylation sites (tertiary alicyclic amines) is 1. The van der Waals surface area contributed by atoms with E-state index < -0.39 is 46.8 Å². The van der Waals surface area contributed by atoms with Crippen LogP contribution in [0, 0.1) is 5.92 Å². The van der Waals surface area contributed by atoms with Crippen LogP contribution in [0.5, 0.6) is 0 Å². The highest BCUT2D eigenvalue weighted by Gasteiger charge is 2.35. The van der Waals surface area contributed by atoms with Gasteiger partial charge in [0.2, 0.25) is 17.7 Å². The number of aliphatic carboxylic acids is 1. The molecule has 3 N–H and O–H groups in total. The number of ether oxygens (including phenoxy) is 6. The van der Waals surface area contributed by atoms with Gasteiger partial charge in [-0.2, -0.15) is 0 Å². The van der Waals surface area contributed by atoms with E-state index in [4.69, 9.17) is 39.3 Å². The second-order valence-corrected chi connectivity index (χ2v) is 19.4. The second-order valence-electron chi connectivity index (χ2n) is 19.4. The Hall–Kier alpha value is -3.64. The summed E-state index contributed by atoms with van der Waals surface area (Å²) in [5.74, 6) is -4.04. The topological polar surface area (TPSA) is 241 Å². The third-order valence-electron chi connectivity index (χ3n) is 10.5. The van der Waals surface area contributed by atoms with Crippen molar-refractivity contribution in [1.82, 2.24) is 4.90 Å². The van der Waals surface area contributed by atoms with Gasteiger partial charge in [-0.3, -0.25) is 33.6 Å². The van der Waals surface area contributed by atoms with E-state index in [2.05, 4.69) is 0 Å². The first kappa shape index (κ1) is 64.4. The first-order valence-electron chi connectivity index (χ1n) is 25.3. The number of nitrogens with two attached hydrogens (primary N) is 1.